The Balaban J connectivity index is 2.07. The van der Waals surface area contributed by atoms with Gasteiger partial charge in [-0.15, -0.1) is 0 Å². The Hall–Kier alpha value is -1.89. The van der Waals surface area contributed by atoms with Gasteiger partial charge in [0, 0.05) is 30.3 Å². The third-order valence-corrected chi connectivity index (χ3v) is 5.64. The van der Waals surface area contributed by atoms with E-state index in [1.807, 2.05) is 13.8 Å². The van der Waals surface area contributed by atoms with Crippen molar-refractivity contribution in [3.8, 4) is 0 Å². The van der Waals surface area contributed by atoms with E-state index in [2.05, 4.69) is 5.32 Å². The molecule has 1 aromatic carbocycles. The lowest BCUT2D eigenvalue weighted by atomic mass is 10.1. The quantitative estimate of drug-likeness (QED) is 0.890. The molecule has 0 aromatic heterocycles. The summed E-state index contributed by atoms with van der Waals surface area (Å²) in [5.41, 5.74) is 0.930. The molecule has 7 heteroatoms. The highest BCUT2D eigenvalue weighted by Crippen LogP contribution is 2.18. The van der Waals surface area contributed by atoms with Crippen molar-refractivity contribution in [3.63, 3.8) is 0 Å². The van der Waals surface area contributed by atoms with Crippen molar-refractivity contribution in [3.05, 3.63) is 35.4 Å². The van der Waals surface area contributed by atoms with Crippen molar-refractivity contribution < 1.29 is 18.0 Å². The van der Waals surface area contributed by atoms with Gasteiger partial charge in [0.05, 0.1) is 11.5 Å². The minimum absolute atomic E-state index is 0.0180. The lowest BCUT2D eigenvalue weighted by Gasteiger charge is -2.23. The van der Waals surface area contributed by atoms with Crippen molar-refractivity contribution in [1.82, 2.24) is 10.2 Å². The van der Waals surface area contributed by atoms with Crippen LogP contribution in [-0.4, -0.2) is 55.8 Å². The van der Waals surface area contributed by atoms with E-state index in [0.717, 1.165) is 0 Å². The predicted octanol–water partition coefficient (Wildman–Crippen LogP) is 1.08. The summed E-state index contributed by atoms with van der Waals surface area (Å²) in [4.78, 5) is 25.8. The molecule has 1 aromatic rings. The van der Waals surface area contributed by atoms with Crippen LogP contribution >= 0.6 is 0 Å². The number of benzene rings is 1. The first kappa shape index (κ1) is 17.5. The van der Waals surface area contributed by atoms with Gasteiger partial charge in [0.15, 0.2) is 9.84 Å². The van der Waals surface area contributed by atoms with Gasteiger partial charge < -0.3 is 10.2 Å². The third kappa shape index (κ3) is 4.31. The summed E-state index contributed by atoms with van der Waals surface area (Å²) in [7, 11) is -1.41. The molecular weight excluding hydrogens is 316 g/mol. The molecule has 126 valence electrons. The van der Waals surface area contributed by atoms with Crippen molar-refractivity contribution in [2.24, 2.45) is 0 Å². The highest BCUT2D eigenvalue weighted by atomic mass is 32.2. The average Bonchev–Trinajstić information content (AvgIpc) is 2.85. The maximum absolute atomic E-state index is 12.4. The molecule has 1 atom stereocenters. The zero-order valence-electron chi connectivity index (χ0n) is 13.6. The van der Waals surface area contributed by atoms with Crippen LogP contribution in [-0.2, 0) is 9.84 Å². The average molecular weight is 338 g/mol. The van der Waals surface area contributed by atoms with E-state index in [1.54, 1.807) is 31.3 Å². The maximum Gasteiger partial charge on any atom is 0.253 e. The molecule has 1 N–H and O–H groups in total. The van der Waals surface area contributed by atoms with Gasteiger partial charge in [0.1, 0.15) is 0 Å². The topological polar surface area (TPSA) is 83.6 Å². The van der Waals surface area contributed by atoms with Gasteiger partial charge in [-0.05, 0) is 44.5 Å². The monoisotopic (exact) mass is 338 g/mol. The molecule has 2 rings (SSSR count). The number of amides is 2. The fraction of sp³-hybridized carbons (Fsp3) is 0.500. The summed E-state index contributed by atoms with van der Waals surface area (Å²) in [6.07, 6.45) is 0.472. The van der Waals surface area contributed by atoms with E-state index >= 15 is 0 Å². The molecule has 0 aliphatic carbocycles. The molecule has 1 aliphatic rings. The molecule has 1 unspecified atom stereocenters. The molecule has 0 saturated carbocycles. The minimum atomic E-state index is -3.03. The summed E-state index contributed by atoms with van der Waals surface area (Å²) in [6, 6.07) is 6.15. The van der Waals surface area contributed by atoms with Gasteiger partial charge in [0.25, 0.3) is 11.8 Å². The lowest BCUT2D eigenvalue weighted by Crippen LogP contribution is -2.37. The van der Waals surface area contributed by atoms with Crippen LogP contribution in [0.2, 0.25) is 0 Å². The van der Waals surface area contributed by atoms with Crippen LogP contribution in [0.4, 0.5) is 0 Å². The number of carbonyl (C=O) groups excluding carboxylic acids is 2. The Labute approximate surface area is 136 Å². The van der Waals surface area contributed by atoms with Crippen LogP contribution in [0, 0.1) is 0 Å². The van der Waals surface area contributed by atoms with Gasteiger partial charge in [-0.3, -0.25) is 9.59 Å². The highest BCUT2D eigenvalue weighted by Gasteiger charge is 2.33. The first-order valence-electron chi connectivity index (χ1n) is 7.58. The number of nitrogens with one attached hydrogen (secondary N) is 1. The molecule has 0 radical (unpaired) electrons. The van der Waals surface area contributed by atoms with Gasteiger partial charge in [-0.25, -0.2) is 8.42 Å². The SMILES string of the molecule is CC(C)NC(=O)c1ccc(C(=O)N(C)C2CCS(=O)(=O)C2)cc1. The van der Waals surface area contributed by atoms with Gasteiger partial charge in [-0.2, -0.15) is 0 Å². The van der Waals surface area contributed by atoms with E-state index in [-0.39, 0.29) is 35.4 Å². The zero-order valence-corrected chi connectivity index (χ0v) is 14.4. The van der Waals surface area contributed by atoms with Gasteiger partial charge in [-0.1, -0.05) is 0 Å². The van der Waals surface area contributed by atoms with E-state index in [9.17, 15) is 18.0 Å². The number of hydrogen-bond donors (Lipinski definition) is 1. The summed E-state index contributed by atoms with van der Waals surface area (Å²) in [6.45, 7) is 3.75. The number of sulfone groups is 1. The van der Waals surface area contributed by atoms with Crippen LogP contribution in [0.5, 0.6) is 0 Å². The molecule has 0 spiro atoms. The summed E-state index contributed by atoms with van der Waals surface area (Å²) in [5, 5.41) is 2.78. The molecule has 0 bridgehead atoms. The number of nitrogens with zero attached hydrogens (tertiary/aromatic N) is 1. The van der Waals surface area contributed by atoms with Gasteiger partial charge >= 0.3 is 0 Å². The van der Waals surface area contributed by atoms with Crippen LogP contribution in [0.25, 0.3) is 0 Å². The Morgan fingerprint density at radius 1 is 1.17 bits per heavy atom. The largest absolute Gasteiger partial charge is 0.350 e. The molecule has 2 amide bonds. The second-order valence-corrected chi connectivity index (χ2v) is 8.41. The second-order valence-electron chi connectivity index (χ2n) is 6.18. The van der Waals surface area contributed by atoms with E-state index < -0.39 is 9.84 Å². The van der Waals surface area contributed by atoms with E-state index in [1.165, 1.54) is 4.90 Å². The van der Waals surface area contributed by atoms with Crippen LogP contribution < -0.4 is 5.32 Å². The van der Waals surface area contributed by atoms with Crippen LogP contribution in [0.15, 0.2) is 24.3 Å². The van der Waals surface area contributed by atoms with Crippen molar-refractivity contribution in [1.29, 1.82) is 0 Å². The number of carbonyl (C=O) groups is 2. The summed E-state index contributed by atoms with van der Waals surface area (Å²) in [5.74, 6) is -0.273. The Kier molecular flexibility index (Phi) is 5.09. The summed E-state index contributed by atoms with van der Waals surface area (Å²) >= 11 is 0. The first-order chi connectivity index (χ1) is 10.7. The second kappa shape index (κ2) is 6.70. The standard InChI is InChI=1S/C16H22N2O4S/c1-11(2)17-15(19)12-4-6-13(7-5-12)16(20)18(3)14-8-9-23(21,22)10-14/h4-7,11,14H,8-10H2,1-3H3,(H,17,19). The predicted molar refractivity (Wildman–Crippen MR) is 88.2 cm³/mol. The van der Waals surface area contributed by atoms with Crippen LogP contribution in [0.3, 0.4) is 0 Å². The van der Waals surface area contributed by atoms with Crippen LogP contribution in [0.1, 0.15) is 41.0 Å². The molecular formula is C16H22N2O4S. The Bertz CT molecular complexity index is 695. The zero-order chi connectivity index (χ0) is 17.2. The maximum atomic E-state index is 12.4. The molecule has 1 saturated heterocycles. The number of hydrogen-bond acceptors (Lipinski definition) is 4. The lowest BCUT2D eigenvalue weighted by molar-refractivity contribution is 0.0747. The van der Waals surface area contributed by atoms with E-state index in [0.29, 0.717) is 17.5 Å². The Morgan fingerprint density at radius 2 is 1.74 bits per heavy atom. The molecule has 1 fully saturated rings. The minimum Gasteiger partial charge on any atom is -0.350 e. The molecule has 1 aliphatic heterocycles. The molecule has 1 heterocycles. The fourth-order valence-corrected chi connectivity index (χ4v) is 4.33. The normalized spacial score (nSPS) is 19.6. The van der Waals surface area contributed by atoms with Crippen molar-refractivity contribution in [2.45, 2.75) is 32.4 Å². The Morgan fingerprint density at radius 3 is 2.22 bits per heavy atom. The van der Waals surface area contributed by atoms with Crippen molar-refractivity contribution in [2.75, 3.05) is 18.6 Å². The third-order valence-electron chi connectivity index (χ3n) is 3.89. The van der Waals surface area contributed by atoms with Crippen molar-refractivity contribution >= 4 is 21.7 Å². The highest BCUT2D eigenvalue weighted by molar-refractivity contribution is 7.91. The molecule has 23 heavy (non-hydrogen) atoms. The first-order valence-corrected chi connectivity index (χ1v) is 9.40. The molecule has 6 nitrogen and oxygen atoms in total. The smallest absolute Gasteiger partial charge is 0.253 e. The van der Waals surface area contributed by atoms with E-state index in [4.69, 9.17) is 0 Å². The number of rotatable bonds is 4. The summed E-state index contributed by atoms with van der Waals surface area (Å²) < 4.78 is 23.1. The fourth-order valence-electron chi connectivity index (χ4n) is 2.56. The van der Waals surface area contributed by atoms with Gasteiger partial charge in [0.2, 0.25) is 0 Å².